The summed E-state index contributed by atoms with van der Waals surface area (Å²) in [6.45, 7) is 5.11. The molecule has 2 N–H and O–H groups in total. The van der Waals surface area contributed by atoms with E-state index in [1.54, 1.807) is 18.3 Å². The van der Waals surface area contributed by atoms with Crippen LogP contribution in [0.5, 0.6) is 11.8 Å². The third kappa shape index (κ3) is 5.24. The smallest absolute Gasteiger partial charge is 0.319 e. The number of phenolic OH excluding ortho intramolecular Hbond substituents is 1. The van der Waals surface area contributed by atoms with Gasteiger partial charge in [0.1, 0.15) is 22.8 Å². The van der Waals surface area contributed by atoms with Crippen LogP contribution in [0.2, 0.25) is 0 Å². The highest BCUT2D eigenvalue weighted by Crippen LogP contribution is 2.51. The summed E-state index contributed by atoms with van der Waals surface area (Å²) in [5.74, 6) is -0.0766. The number of hydrogen-bond donors (Lipinski definition) is 2. The predicted molar refractivity (Wildman–Crippen MR) is 175 cm³/mol. The number of aryl methyl sites for hydroxylation is 1. The average molecular weight is 628 g/mol. The second-order valence-corrected chi connectivity index (χ2v) is 13.7. The highest BCUT2D eigenvalue weighted by atomic mass is 19.1. The molecule has 0 radical (unpaired) electrons. The van der Waals surface area contributed by atoms with Crippen LogP contribution in [0.1, 0.15) is 57.4 Å². The van der Waals surface area contributed by atoms with Crippen LogP contribution in [0.25, 0.3) is 32.9 Å². The number of likely N-dealkylation sites (tertiary alicyclic amines) is 1. The normalized spacial score (nSPS) is 25.6. The zero-order valence-corrected chi connectivity index (χ0v) is 26.4. The van der Waals surface area contributed by atoms with E-state index in [1.807, 2.05) is 23.1 Å². The first-order chi connectivity index (χ1) is 22.4. The molecule has 4 aliphatic rings. The van der Waals surface area contributed by atoms with E-state index in [1.165, 1.54) is 25.7 Å². The number of rotatable bonds is 7. The Morgan fingerprint density at radius 3 is 2.83 bits per heavy atom. The van der Waals surface area contributed by atoms with Crippen LogP contribution < -0.4 is 9.64 Å². The second kappa shape index (κ2) is 11.9. The molecule has 4 fully saturated rings. The molecule has 2 aromatic carbocycles. The molecule has 4 heterocycles. The molecule has 2 aromatic heterocycles. The number of anilines is 1. The Hall–Kier alpha value is -3.60. The van der Waals surface area contributed by atoms with Crippen LogP contribution in [0.3, 0.4) is 0 Å². The molecule has 0 spiro atoms. The maximum atomic E-state index is 16.9. The molecule has 3 unspecified atom stereocenters. The molecule has 8 rings (SSSR count). The lowest BCUT2D eigenvalue weighted by atomic mass is 9.75. The number of β-amino-alcohol motifs (C(OH)–C–C–N with tert-alkyl or cyclic N) is 1. The number of aliphatic hydroxyl groups excluding tert-OH is 1. The number of ether oxygens (including phenoxy) is 2. The molecule has 2 saturated carbocycles. The van der Waals surface area contributed by atoms with Crippen LogP contribution in [-0.2, 0) is 11.2 Å². The van der Waals surface area contributed by atoms with Crippen molar-refractivity contribution in [3.05, 3.63) is 47.9 Å². The van der Waals surface area contributed by atoms with Crippen molar-refractivity contribution >= 4 is 27.5 Å². The van der Waals surface area contributed by atoms with Crippen molar-refractivity contribution < 1.29 is 24.1 Å². The minimum atomic E-state index is -0.714. The van der Waals surface area contributed by atoms with Gasteiger partial charge in [-0.2, -0.15) is 9.97 Å². The van der Waals surface area contributed by atoms with Gasteiger partial charge in [-0.15, -0.1) is 0 Å². The maximum Gasteiger partial charge on any atom is 0.319 e. The monoisotopic (exact) mass is 627 g/mol. The van der Waals surface area contributed by atoms with E-state index in [0.717, 1.165) is 48.6 Å². The minimum absolute atomic E-state index is 0.0427. The van der Waals surface area contributed by atoms with Gasteiger partial charge in [-0.3, -0.25) is 9.88 Å². The molecular weight excluding hydrogens is 585 g/mol. The number of pyridine rings is 1. The highest BCUT2D eigenvalue weighted by Gasteiger charge is 2.51. The van der Waals surface area contributed by atoms with Crippen molar-refractivity contribution in [2.24, 2.45) is 5.41 Å². The summed E-state index contributed by atoms with van der Waals surface area (Å²) >= 11 is 0. The summed E-state index contributed by atoms with van der Waals surface area (Å²) in [5, 5.41) is 23.3. The lowest BCUT2D eigenvalue weighted by Crippen LogP contribution is -2.52. The Bertz CT molecular complexity index is 1780. The van der Waals surface area contributed by atoms with E-state index < -0.39 is 11.9 Å². The third-order valence-corrected chi connectivity index (χ3v) is 10.7. The van der Waals surface area contributed by atoms with Crippen LogP contribution in [-0.4, -0.2) is 87.7 Å². The summed E-state index contributed by atoms with van der Waals surface area (Å²) < 4.78 is 29.0. The third-order valence-electron chi connectivity index (χ3n) is 10.7. The molecule has 2 saturated heterocycles. The first kappa shape index (κ1) is 29.8. The fourth-order valence-corrected chi connectivity index (χ4v) is 8.46. The van der Waals surface area contributed by atoms with E-state index >= 15 is 4.39 Å². The van der Waals surface area contributed by atoms with E-state index in [-0.39, 0.29) is 41.5 Å². The fraction of sp³-hybridized carbons (Fsp3) is 0.528. The van der Waals surface area contributed by atoms with E-state index in [4.69, 9.17) is 19.4 Å². The van der Waals surface area contributed by atoms with Gasteiger partial charge in [0.2, 0.25) is 0 Å². The first-order valence-electron chi connectivity index (χ1n) is 16.9. The van der Waals surface area contributed by atoms with Crippen LogP contribution in [0.15, 0.2) is 36.5 Å². The largest absolute Gasteiger partial charge is 0.508 e. The van der Waals surface area contributed by atoms with Crippen LogP contribution in [0, 0.1) is 11.2 Å². The Morgan fingerprint density at radius 1 is 1.11 bits per heavy atom. The zero-order valence-electron chi connectivity index (χ0n) is 26.4. The van der Waals surface area contributed by atoms with Crippen molar-refractivity contribution in [3.8, 4) is 23.0 Å². The number of piperidine rings is 1. The Kier molecular flexibility index (Phi) is 7.69. The van der Waals surface area contributed by atoms with Gasteiger partial charge in [0.05, 0.1) is 31.3 Å². The molecule has 2 aliphatic heterocycles. The number of benzene rings is 2. The first-order valence-corrected chi connectivity index (χ1v) is 16.9. The summed E-state index contributed by atoms with van der Waals surface area (Å²) in [6, 6.07) is 10.5. The number of fused-ring (bicyclic) bond motifs is 3. The minimum Gasteiger partial charge on any atom is -0.508 e. The van der Waals surface area contributed by atoms with Crippen LogP contribution in [0.4, 0.5) is 10.2 Å². The Balaban J connectivity index is 1.23. The molecule has 10 heteroatoms. The van der Waals surface area contributed by atoms with Crippen molar-refractivity contribution in [2.45, 2.75) is 76.5 Å². The van der Waals surface area contributed by atoms with Gasteiger partial charge in [0.25, 0.3) is 0 Å². The van der Waals surface area contributed by atoms with Crippen molar-refractivity contribution in [2.75, 3.05) is 44.4 Å². The van der Waals surface area contributed by atoms with Gasteiger partial charge in [-0.05, 0) is 80.0 Å². The lowest BCUT2D eigenvalue weighted by Gasteiger charge is -2.46. The van der Waals surface area contributed by atoms with Gasteiger partial charge in [0.15, 0.2) is 5.82 Å². The summed E-state index contributed by atoms with van der Waals surface area (Å²) in [4.78, 5) is 18.9. The summed E-state index contributed by atoms with van der Waals surface area (Å²) in [7, 11) is 0. The maximum absolute atomic E-state index is 16.9. The van der Waals surface area contributed by atoms with Crippen molar-refractivity contribution in [1.29, 1.82) is 0 Å². The summed E-state index contributed by atoms with van der Waals surface area (Å²) in [5.41, 5.74) is 1.83. The number of aromatic hydroxyl groups is 1. The average Bonchev–Trinajstić information content (AvgIpc) is 3.85. The number of aromatic nitrogens is 3. The molecule has 9 nitrogen and oxygen atoms in total. The number of nitrogens with zero attached hydrogens (tertiary/aromatic N) is 5. The molecule has 3 atom stereocenters. The number of hydrogen-bond acceptors (Lipinski definition) is 9. The van der Waals surface area contributed by atoms with E-state index in [9.17, 15) is 10.2 Å². The number of halogens is 1. The summed E-state index contributed by atoms with van der Waals surface area (Å²) in [6.07, 6.45) is 9.99. The highest BCUT2D eigenvalue weighted by molar-refractivity contribution is 6.01. The topological polar surface area (TPSA) is 104 Å². The zero-order chi connectivity index (χ0) is 31.4. The fourth-order valence-electron chi connectivity index (χ4n) is 8.46. The van der Waals surface area contributed by atoms with E-state index in [0.29, 0.717) is 48.6 Å². The van der Waals surface area contributed by atoms with Crippen LogP contribution >= 0.6 is 0 Å². The molecule has 2 aliphatic carbocycles. The van der Waals surface area contributed by atoms with Crippen molar-refractivity contribution in [1.82, 2.24) is 19.9 Å². The quantitative estimate of drug-likeness (QED) is 0.270. The lowest BCUT2D eigenvalue weighted by molar-refractivity contribution is -0.00466. The van der Waals surface area contributed by atoms with Gasteiger partial charge >= 0.3 is 6.01 Å². The van der Waals surface area contributed by atoms with Gasteiger partial charge in [-0.25, -0.2) is 4.39 Å². The number of phenols is 1. The molecule has 46 heavy (non-hydrogen) atoms. The van der Waals surface area contributed by atoms with Gasteiger partial charge < -0.3 is 24.6 Å². The Labute approximate surface area is 268 Å². The SMILES string of the molecule is CCc1cccc2cc(O)cc(-c3ncc4c(N5CCOCC(O)C5)nc(OCC56CCCC5N(C5CC5)CCC6)nc4c3F)c12. The van der Waals surface area contributed by atoms with E-state index in [2.05, 4.69) is 16.8 Å². The molecule has 0 bridgehead atoms. The molecular formula is C36H42FN5O4. The van der Waals surface area contributed by atoms with Gasteiger partial charge in [-0.1, -0.05) is 31.5 Å². The molecule has 242 valence electrons. The second-order valence-electron chi connectivity index (χ2n) is 13.7. The molecule has 0 amide bonds. The molecule has 4 aromatic rings. The Morgan fingerprint density at radius 2 is 1.98 bits per heavy atom. The van der Waals surface area contributed by atoms with Gasteiger partial charge in [0, 0.05) is 42.3 Å². The predicted octanol–water partition coefficient (Wildman–Crippen LogP) is 5.63. The number of aliphatic hydroxyl groups is 1. The van der Waals surface area contributed by atoms with Crippen molar-refractivity contribution in [3.63, 3.8) is 0 Å². The standard InChI is InChI=1S/C36H42FN5O4/c1-2-22-6-3-7-23-16-25(43)17-27(30(22)23)32-31(37)33-28(18-38-32)34(41-14-15-45-20-26(44)19-41)40-35(39-33)46-21-36-11-4-8-29(36)42(13-5-12-36)24-9-10-24/h3,6-7,16-18,24,26,29,43-44H,2,4-5,8-15,19-21H2,1H3.